The van der Waals surface area contributed by atoms with E-state index in [2.05, 4.69) is 21.5 Å². The van der Waals surface area contributed by atoms with Gasteiger partial charge in [-0.2, -0.15) is 10.4 Å². The summed E-state index contributed by atoms with van der Waals surface area (Å²) in [6.07, 6.45) is 5.44. The number of pyridine rings is 1. The van der Waals surface area contributed by atoms with Crippen LogP contribution >= 0.6 is 0 Å². The van der Waals surface area contributed by atoms with Gasteiger partial charge in [0, 0.05) is 32.3 Å². The van der Waals surface area contributed by atoms with Gasteiger partial charge in [0.2, 0.25) is 0 Å². The molecule has 0 bridgehead atoms. The fourth-order valence-electron chi connectivity index (χ4n) is 2.67. The minimum Gasteiger partial charge on any atom is -0.369 e. The molecule has 2 aromatic heterocycles. The van der Waals surface area contributed by atoms with Gasteiger partial charge in [0.05, 0.1) is 5.56 Å². The number of rotatable bonds is 5. The smallest absolute Gasteiger partial charge is 0.345 e. The van der Waals surface area contributed by atoms with Gasteiger partial charge in [0.15, 0.2) is 0 Å². The maximum absolute atomic E-state index is 12.2. The van der Waals surface area contributed by atoms with Gasteiger partial charge < -0.3 is 5.32 Å². The average molecular weight is 298 g/mol. The molecule has 0 fully saturated rings. The third-order valence-electron chi connectivity index (χ3n) is 3.80. The molecule has 3 rings (SSSR count). The zero-order chi connectivity index (χ0) is 15.4. The number of hydrogen-bond donors (Lipinski definition) is 1. The summed E-state index contributed by atoms with van der Waals surface area (Å²) in [6.45, 7) is 1.99. The van der Waals surface area contributed by atoms with Crippen molar-refractivity contribution in [2.45, 2.75) is 38.8 Å². The Bertz CT molecular complexity index is 754. The lowest BCUT2D eigenvalue weighted by atomic mass is 10.2. The van der Waals surface area contributed by atoms with Crippen molar-refractivity contribution in [2.24, 2.45) is 0 Å². The minimum atomic E-state index is -0.00903. The van der Waals surface area contributed by atoms with Gasteiger partial charge in [-0.1, -0.05) is 0 Å². The first-order valence-corrected chi connectivity index (χ1v) is 7.55. The second kappa shape index (κ2) is 6.43. The second-order valence-electron chi connectivity index (χ2n) is 5.32. The second-order valence-corrected chi connectivity index (χ2v) is 5.32. The number of nitrogens with one attached hydrogen (secondary N) is 1. The Morgan fingerprint density at radius 3 is 3.14 bits per heavy atom. The molecule has 0 amide bonds. The monoisotopic (exact) mass is 298 g/mol. The van der Waals surface area contributed by atoms with Crippen LogP contribution in [0, 0.1) is 11.3 Å². The summed E-state index contributed by atoms with van der Waals surface area (Å²) in [7, 11) is 0. The van der Waals surface area contributed by atoms with Crippen LogP contribution in [0.4, 0.5) is 5.82 Å². The first kappa shape index (κ1) is 14.3. The maximum atomic E-state index is 12.2. The zero-order valence-electron chi connectivity index (χ0n) is 12.3. The molecule has 7 heteroatoms. The van der Waals surface area contributed by atoms with Gasteiger partial charge in [-0.15, -0.1) is 0 Å². The molecular formula is C15H18N6O. The quantitative estimate of drug-likeness (QED) is 0.836. The summed E-state index contributed by atoms with van der Waals surface area (Å²) in [5.74, 6) is 1.49. The third-order valence-corrected chi connectivity index (χ3v) is 3.80. The Morgan fingerprint density at radius 2 is 2.32 bits per heavy atom. The largest absolute Gasteiger partial charge is 0.369 e. The number of aryl methyl sites for hydroxylation is 2. The lowest BCUT2D eigenvalue weighted by Gasteiger charge is -2.09. The summed E-state index contributed by atoms with van der Waals surface area (Å²) in [4.78, 5) is 16.3. The van der Waals surface area contributed by atoms with Crippen LogP contribution in [0.3, 0.4) is 0 Å². The Morgan fingerprint density at radius 1 is 1.41 bits per heavy atom. The highest BCUT2D eigenvalue weighted by Gasteiger charge is 2.16. The van der Waals surface area contributed by atoms with Crippen LogP contribution in [0.1, 0.15) is 30.7 Å². The number of fused-ring (bicyclic) bond motifs is 1. The fourth-order valence-corrected chi connectivity index (χ4v) is 2.67. The molecule has 0 spiro atoms. The highest BCUT2D eigenvalue weighted by Crippen LogP contribution is 2.10. The molecule has 0 aliphatic carbocycles. The number of anilines is 1. The van der Waals surface area contributed by atoms with Crippen LogP contribution < -0.4 is 11.0 Å². The molecule has 2 aromatic rings. The normalized spacial score (nSPS) is 13.4. The molecule has 7 nitrogen and oxygen atoms in total. The van der Waals surface area contributed by atoms with E-state index in [0.717, 1.165) is 38.1 Å². The fraction of sp³-hybridized carbons (Fsp3) is 0.467. The van der Waals surface area contributed by atoms with Gasteiger partial charge >= 0.3 is 5.69 Å². The van der Waals surface area contributed by atoms with Crippen molar-refractivity contribution >= 4 is 5.82 Å². The Kier molecular flexibility index (Phi) is 4.19. The Hall–Kier alpha value is -2.62. The van der Waals surface area contributed by atoms with Crippen LogP contribution in [0.25, 0.3) is 0 Å². The molecular weight excluding hydrogens is 280 g/mol. The first-order chi connectivity index (χ1) is 10.8. The van der Waals surface area contributed by atoms with Crippen LogP contribution in [0.5, 0.6) is 0 Å². The summed E-state index contributed by atoms with van der Waals surface area (Å²) < 4.78 is 3.33. The van der Waals surface area contributed by atoms with Crippen molar-refractivity contribution in [2.75, 3.05) is 11.9 Å². The molecule has 0 saturated heterocycles. The van der Waals surface area contributed by atoms with Gasteiger partial charge in [0.1, 0.15) is 17.7 Å². The van der Waals surface area contributed by atoms with Gasteiger partial charge in [-0.05, 0) is 31.4 Å². The van der Waals surface area contributed by atoms with Gasteiger partial charge in [-0.25, -0.2) is 14.5 Å². The lowest BCUT2D eigenvalue weighted by molar-refractivity contribution is 0.510. The molecule has 1 N–H and O–H groups in total. The molecule has 1 aliphatic rings. The van der Waals surface area contributed by atoms with Crippen molar-refractivity contribution in [1.29, 1.82) is 5.26 Å². The maximum Gasteiger partial charge on any atom is 0.345 e. The van der Waals surface area contributed by atoms with E-state index in [0.29, 0.717) is 24.5 Å². The van der Waals surface area contributed by atoms with Crippen molar-refractivity contribution in [3.8, 4) is 6.07 Å². The van der Waals surface area contributed by atoms with E-state index in [1.54, 1.807) is 27.6 Å². The minimum absolute atomic E-state index is 0.00903. The van der Waals surface area contributed by atoms with E-state index in [-0.39, 0.29) is 5.69 Å². The average Bonchev–Trinajstić information content (AvgIpc) is 2.88. The highest BCUT2D eigenvalue weighted by atomic mass is 16.2. The van der Waals surface area contributed by atoms with Crippen LogP contribution in [0.15, 0.2) is 23.1 Å². The lowest BCUT2D eigenvalue weighted by Crippen LogP contribution is -2.27. The molecule has 3 heterocycles. The summed E-state index contributed by atoms with van der Waals surface area (Å²) in [5, 5.41) is 16.5. The van der Waals surface area contributed by atoms with Crippen LogP contribution in [-0.4, -0.2) is 25.9 Å². The molecule has 0 unspecified atom stereocenters. The number of aromatic nitrogens is 4. The summed E-state index contributed by atoms with van der Waals surface area (Å²) in [5.41, 5.74) is 0.516. The predicted octanol–water partition coefficient (Wildman–Crippen LogP) is 1.15. The number of nitriles is 1. The third kappa shape index (κ3) is 2.86. The van der Waals surface area contributed by atoms with E-state index >= 15 is 0 Å². The number of nitrogens with zero attached hydrogens (tertiary/aromatic N) is 5. The molecule has 114 valence electrons. The van der Waals surface area contributed by atoms with Gasteiger partial charge in [-0.3, -0.25) is 4.57 Å². The number of hydrogen-bond acceptors (Lipinski definition) is 5. The molecule has 0 saturated carbocycles. The highest BCUT2D eigenvalue weighted by molar-refractivity contribution is 5.50. The Labute approximate surface area is 128 Å². The van der Waals surface area contributed by atoms with Crippen molar-refractivity contribution < 1.29 is 0 Å². The molecule has 0 aromatic carbocycles. The Balaban J connectivity index is 1.57. The zero-order valence-corrected chi connectivity index (χ0v) is 12.3. The molecule has 0 atom stereocenters. The van der Waals surface area contributed by atoms with E-state index in [4.69, 9.17) is 5.26 Å². The summed E-state index contributed by atoms with van der Waals surface area (Å²) >= 11 is 0. The van der Waals surface area contributed by atoms with E-state index in [9.17, 15) is 4.79 Å². The summed E-state index contributed by atoms with van der Waals surface area (Å²) in [6, 6.07) is 5.56. The van der Waals surface area contributed by atoms with Crippen LogP contribution in [-0.2, 0) is 19.5 Å². The van der Waals surface area contributed by atoms with Crippen LogP contribution in [0.2, 0.25) is 0 Å². The topological polar surface area (TPSA) is 88.5 Å². The van der Waals surface area contributed by atoms with E-state index in [1.807, 2.05) is 0 Å². The van der Waals surface area contributed by atoms with Crippen molar-refractivity contribution in [1.82, 2.24) is 19.3 Å². The molecule has 0 radical (unpaired) electrons. The van der Waals surface area contributed by atoms with E-state index < -0.39 is 0 Å². The van der Waals surface area contributed by atoms with E-state index in [1.165, 1.54) is 0 Å². The predicted molar refractivity (Wildman–Crippen MR) is 81.5 cm³/mol. The molecule has 1 aliphatic heterocycles. The van der Waals surface area contributed by atoms with Gasteiger partial charge in [0.25, 0.3) is 0 Å². The SMILES string of the molecule is N#Cc1cccnc1NCCCn1nc2n(c1=O)CCCC2. The molecule has 22 heavy (non-hydrogen) atoms. The standard InChI is InChI=1S/C15H18N6O/c16-11-12-5-3-7-17-14(12)18-8-4-10-21-15(22)20-9-2-1-6-13(20)19-21/h3,5,7H,1-2,4,6,8-10H2,(H,17,18). The van der Waals surface area contributed by atoms with Crippen molar-refractivity contribution in [3.63, 3.8) is 0 Å². The van der Waals surface area contributed by atoms with Crippen molar-refractivity contribution in [3.05, 3.63) is 40.2 Å². The first-order valence-electron chi connectivity index (χ1n) is 7.55.